The fourth-order valence-corrected chi connectivity index (χ4v) is 2.60. The first-order valence-electron chi connectivity index (χ1n) is 6.40. The number of nitrogens with one attached hydrogen (secondary N) is 1. The van der Waals surface area contributed by atoms with Crippen LogP contribution in [0.5, 0.6) is 0 Å². The number of benzene rings is 2. The second-order valence-corrected chi connectivity index (χ2v) is 5.72. The summed E-state index contributed by atoms with van der Waals surface area (Å²) < 4.78 is 0. The number of nitrogen functional groups attached to an aromatic ring is 1. The number of hydrogen-bond acceptors (Lipinski definition) is 3. The molecule has 2 aromatic carbocycles. The lowest BCUT2D eigenvalue weighted by Gasteiger charge is -2.11. The van der Waals surface area contributed by atoms with Crippen LogP contribution in [0.15, 0.2) is 47.4 Å². The van der Waals surface area contributed by atoms with Crippen molar-refractivity contribution in [3.63, 3.8) is 0 Å². The predicted octanol–water partition coefficient (Wildman–Crippen LogP) is 3.62. The molecule has 3 nitrogen and oxygen atoms in total. The zero-order chi connectivity index (χ0) is 14.5. The molecule has 0 unspecified atom stereocenters. The minimum absolute atomic E-state index is 0.00391. The molecule has 1 amide bonds. The number of carbonyl (C=O) groups excluding carboxylic acids is 1. The summed E-state index contributed by atoms with van der Waals surface area (Å²) in [6.45, 7) is 3.99. The Kier molecular flexibility index (Phi) is 4.69. The van der Waals surface area contributed by atoms with E-state index in [0.717, 1.165) is 27.4 Å². The molecule has 20 heavy (non-hydrogen) atoms. The SMILES string of the molecule is Cc1cccc(C)c1NC(=O)CSc1ccc(N)cc1. The summed E-state index contributed by atoms with van der Waals surface area (Å²) in [7, 11) is 0. The largest absolute Gasteiger partial charge is 0.399 e. The quantitative estimate of drug-likeness (QED) is 0.667. The summed E-state index contributed by atoms with van der Waals surface area (Å²) in [4.78, 5) is 13.0. The molecule has 0 saturated carbocycles. The van der Waals surface area contributed by atoms with Crippen molar-refractivity contribution in [3.8, 4) is 0 Å². The van der Waals surface area contributed by atoms with E-state index in [1.54, 1.807) is 0 Å². The lowest BCUT2D eigenvalue weighted by molar-refractivity contribution is -0.113. The maximum atomic E-state index is 12.0. The Bertz CT molecular complexity index is 588. The smallest absolute Gasteiger partial charge is 0.234 e. The van der Waals surface area contributed by atoms with Gasteiger partial charge in [0.2, 0.25) is 5.91 Å². The highest BCUT2D eigenvalue weighted by atomic mass is 32.2. The van der Waals surface area contributed by atoms with E-state index in [2.05, 4.69) is 5.32 Å². The molecule has 4 heteroatoms. The van der Waals surface area contributed by atoms with Crippen LogP contribution in [0, 0.1) is 13.8 Å². The summed E-state index contributed by atoms with van der Waals surface area (Å²) in [6, 6.07) is 13.5. The van der Waals surface area contributed by atoms with Gasteiger partial charge in [-0.05, 0) is 49.2 Å². The van der Waals surface area contributed by atoms with Crippen LogP contribution >= 0.6 is 11.8 Å². The van der Waals surface area contributed by atoms with Gasteiger partial charge in [-0.2, -0.15) is 0 Å². The van der Waals surface area contributed by atoms with E-state index in [0.29, 0.717) is 5.75 Å². The molecule has 0 bridgehead atoms. The molecule has 0 radical (unpaired) electrons. The van der Waals surface area contributed by atoms with E-state index in [4.69, 9.17) is 5.73 Å². The standard InChI is InChI=1S/C16H18N2OS/c1-11-4-3-5-12(2)16(11)18-15(19)10-20-14-8-6-13(17)7-9-14/h3-9H,10,17H2,1-2H3,(H,18,19). The number of aryl methyl sites for hydroxylation is 2. The van der Waals surface area contributed by atoms with Crippen LogP contribution in [-0.4, -0.2) is 11.7 Å². The Labute approximate surface area is 123 Å². The molecule has 3 N–H and O–H groups in total. The molecule has 2 rings (SSSR count). The maximum absolute atomic E-state index is 12.0. The van der Waals surface area contributed by atoms with E-state index in [1.165, 1.54) is 11.8 Å². The molecule has 104 valence electrons. The molecule has 0 spiro atoms. The van der Waals surface area contributed by atoms with Crippen molar-refractivity contribution in [1.29, 1.82) is 0 Å². The van der Waals surface area contributed by atoms with Crippen molar-refractivity contribution < 1.29 is 4.79 Å². The van der Waals surface area contributed by atoms with Gasteiger partial charge in [0.05, 0.1) is 5.75 Å². The molecule has 0 aromatic heterocycles. The average molecular weight is 286 g/mol. The molecular weight excluding hydrogens is 268 g/mol. The van der Waals surface area contributed by atoms with Gasteiger partial charge in [-0.3, -0.25) is 4.79 Å². The van der Waals surface area contributed by atoms with Crippen molar-refractivity contribution in [2.75, 3.05) is 16.8 Å². The van der Waals surface area contributed by atoms with E-state index < -0.39 is 0 Å². The van der Waals surface area contributed by atoms with Crippen molar-refractivity contribution in [2.24, 2.45) is 0 Å². The Morgan fingerprint density at radius 3 is 2.30 bits per heavy atom. The van der Waals surface area contributed by atoms with Crippen LogP contribution in [0.3, 0.4) is 0 Å². The van der Waals surface area contributed by atoms with Crippen LogP contribution < -0.4 is 11.1 Å². The van der Waals surface area contributed by atoms with Crippen LogP contribution in [-0.2, 0) is 4.79 Å². The van der Waals surface area contributed by atoms with Gasteiger partial charge < -0.3 is 11.1 Å². The monoisotopic (exact) mass is 286 g/mol. The van der Waals surface area contributed by atoms with E-state index in [-0.39, 0.29) is 5.91 Å². The third kappa shape index (κ3) is 3.78. The van der Waals surface area contributed by atoms with Crippen molar-refractivity contribution in [1.82, 2.24) is 0 Å². The Morgan fingerprint density at radius 2 is 1.70 bits per heavy atom. The van der Waals surface area contributed by atoms with Gasteiger partial charge in [-0.15, -0.1) is 11.8 Å². The summed E-state index contributed by atoms with van der Waals surface area (Å²) >= 11 is 1.50. The summed E-state index contributed by atoms with van der Waals surface area (Å²) in [6.07, 6.45) is 0. The van der Waals surface area contributed by atoms with Crippen LogP contribution in [0.2, 0.25) is 0 Å². The normalized spacial score (nSPS) is 10.3. The number of thioether (sulfide) groups is 1. The van der Waals surface area contributed by atoms with Crippen molar-refractivity contribution >= 4 is 29.0 Å². The molecule has 0 aliphatic heterocycles. The molecule has 2 aromatic rings. The van der Waals surface area contributed by atoms with Gasteiger partial charge in [0, 0.05) is 16.3 Å². The minimum Gasteiger partial charge on any atom is -0.399 e. The van der Waals surface area contributed by atoms with E-state index >= 15 is 0 Å². The first-order valence-corrected chi connectivity index (χ1v) is 7.39. The third-order valence-corrected chi connectivity index (χ3v) is 4.01. The van der Waals surface area contributed by atoms with Gasteiger partial charge >= 0.3 is 0 Å². The Morgan fingerprint density at radius 1 is 1.10 bits per heavy atom. The van der Waals surface area contributed by atoms with Crippen LogP contribution in [0.25, 0.3) is 0 Å². The number of rotatable bonds is 4. The number of nitrogens with two attached hydrogens (primary N) is 1. The summed E-state index contributed by atoms with van der Waals surface area (Å²) in [5.74, 6) is 0.391. The maximum Gasteiger partial charge on any atom is 0.234 e. The molecule has 0 aliphatic carbocycles. The highest BCUT2D eigenvalue weighted by molar-refractivity contribution is 8.00. The lowest BCUT2D eigenvalue weighted by Crippen LogP contribution is -2.15. The van der Waals surface area contributed by atoms with E-state index in [1.807, 2.05) is 56.3 Å². The first kappa shape index (κ1) is 14.5. The topological polar surface area (TPSA) is 55.1 Å². The van der Waals surface area contributed by atoms with Crippen molar-refractivity contribution in [2.45, 2.75) is 18.7 Å². The Hall–Kier alpha value is -1.94. The number of hydrogen-bond donors (Lipinski definition) is 2. The second kappa shape index (κ2) is 6.48. The summed E-state index contributed by atoms with van der Waals surface area (Å²) in [5.41, 5.74) is 9.43. The number of anilines is 2. The number of amides is 1. The molecular formula is C16H18N2OS. The molecule has 0 aliphatic rings. The molecule has 0 atom stereocenters. The highest BCUT2D eigenvalue weighted by Gasteiger charge is 2.07. The number of carbonyl (C=O) groups is 1. The molecule has 0 saturated heterocycles. The van der Waals surface area contributed by atoms with Crippen LogP contribution in [0.4, 0.5) is 11.4 Å². The second-order valence-electron chi connectivity index (χ2n) is 4.67. The minimum atomic E-state index is 0.00391. The van der Waals surface area contributed by atoms with Gasteiger partial charge in [0.15, 0.2) is 0 Å². The third-order valence-electron chi connectivity index (χ3n) is 3.00. The van der Waals surface area contributed by atoms with Gasteiger partial charge in [0.25, 0.3) is 0 Å². The van der Waals surface area contributed by atoms with E-state index in [9.17, 15) is 4.79 Å². The highest BCUT2D eigenvalue weighted by Crippen LogP contribution is 2.22. The predicted molar refractivity (Wildman–Crippen MR) is 86.1 cm³/mol. The van der Waals surface area contributed by atoms with Gasteiger partial charge in [0.1, 0.15) is 0 Å². The molecule has 0 heterocycles. The van der Waals surface area contributed by atoms with Gasteiger partial charge in [-0.25, -0.2) is 0 Å². The Balaban J connectivity index is 1.94. The zero-order valence-corrected chi connectivity index (χ0v) is 12.5. The van der Waals surface area contributed by atoms with Crippen molar-refractivity contribution in [3.05, 3.63) is 53.6 Å². The first-order chi connectivity index (χ1) is 9.56. The van der Waals surface area contributed by atoms with Crippen LogP contribution in [0.1, 0.15) is 11.1 Å². The fraction of sp³-hybridized carbons (Fsp3) is 0.188. The summed E-state index contributed by atoms with van der Waals surface area (Å²) in [5, 5.41) is 2.98. The van der Waals surface area contributed by atoms with Gasteiger partial charge in [-0.1, -0.05) is 18.2 Å². The zero-order valence-electron chi connectivity index (χ0n) is 11.6. The lowest BCUT2D eigenvalue weighted by atomic mass is 10.1. The molecule has 0 fully saturated rings. The average Bonchev–Trinajstić information content (AvgIpc) is 2.42. The fourth-order valence-electron chi connectivity index (χ4n) is 1.90. The number of para-hydroxylation sites is 1.